The SMILES string of the molecule is [2H]CO[C@]1(O)[C@H](O)[C@@H](O)C(O)O[C@@H]1CO. The average molecular weight is 211 g/mol. The van der Waals surface area contributed by atoms with Crippen LogP contribution >= 0.6 is 0 Å². The molecule has 0 saturated carbocycles. The quantitative estimate of drug-likeness (QED) is 0.304. The van der Waals surface area contributed by atoms with Gasteiger partial charge >= 0.3 is 0 Å². The Hall–Kier alpha value is -0.280. The van der Waals surface area contributed by atoms with Gasteiger partial charge in [0.15, 0.2) is 6.29 Å². The molecule has 0 bridgehead atoms. The van der Waals surface area contributed by atoms with Crippen molar-refractivity contribution in [3.63, 3.8) is 0 Å². The Labute approximate surface area is 81.5 Å². The maximum atomic E-state index is 9.74. The Balaban J connectivity index is 2.88. The molecular formula is C7H14O7. The molecule has 1 saturated heterocycles. The smallest absolute Gasteiger partial charge is 0.224 e. The number of rotatable bonds is 2. The zero-order valence-electron chi connectivity index (χ0n) is 8.28. The van der Waals surface area contributed by atoms with Crippen LogP contribution in [-0.4, -0.2) is 69.6 Å². The highest BCUT2D eigenvalue weighted by Gasteiger charge is 2.54. The van der Waals surface area contributed by atoms with Crippen LogP contribution in [-0.2, 0) is 9.47 Å². The number of hydrogen-bond donors (Lipinski definition) is 5. The van der Waals surface area contributed by atoms with Gasteiger partial charge < -0.3 is 35.0 Å². The molecule has 5 N–H and O–H groups in total. The molecule has 0 spiro atoms. The van der Waals surface area contributed by atoms with Crippen molar-refractivity contribution in [2.75, 3.05) is 13.7 Å². The normalized spacial score (nSPS) is 50.2. The van der Waals surface area contributed by atoms with Gasteiger partial charge in [-0.25, -0.2) is 0 Å². The van der Waals surface area contributed by atoms with E-state index < -0.39 is 44.1 Å². The van der Waals surface area contributed by atoms with Crippen LogP contribution in [0.5, 0.6) is 0 Å². The number of ether oxygens (including phenoxy) is 2. The molecule has 0 amide bonds. The lowest BCUT2D eigenvalue weighted by atomic mass is 9.95. The molecule has 1 unspecified atom stereocenters. The Morgan fingerprint density at radius 2 is 2.14 bits per heavy atom. The molecule has 1 aliphatic rings. The summed E-state index contributed by atoms with van der Waals surface area (Å²) in [7, 11) is -0.698. The summed E-state index contributed by atoms with van der Waals surface area (Å²) in [5.41, 5.74) is 0. The van der Waals surface area contributed by atoms with E-state index in [0.717, 1.165) is 0 Å². The standard InChI is InChI=1S/C7H14O7/c1-13-7(12)3(2-8)14-6(11)4(9)5(7)10/h3-6,8-12H,2H2,1H3/t3-,4-,5-,6?,7+/m1/s1/i1D. The molecule has 0 aliphatic carbocycles. The summed E-state index contributed by atoms with van der Waals surface area (Å²) < 4.78 is 15.9. The molecule has 0 aromatic rings. The third-order valence-corrected chi connectivity index (χ3v) is 2.20. The Kier molecular flexibility index (Phi) is 2.98. The Morgan fingerprint density at radius 3 is 2.64 bits per heavy atom. The van der Waals surface area contributed by atoms with Gasteiger partial charge in [0, 0.05) is 7.09 Å². The molecule has 1 fully saturated rings. The molecule has 14 heavy (non-hydrogen) atoms. The molecule has 7 heteroatoms. The van der Waals surface area contributed by atoms with Gasteiger partial charge in [0.2, 0.25) is 5.79 Å². The summed E-state index contributed by atoms with van der Waals surface area (Å²) in [6, 6.07) is 0. The number of hydrogen-bond acceptors (Lipinski definition) is 7. The highest BCUT2D eigenvalue weighted by molar-refractivity contribution is 4.95. The predicted octanol–water partition coefficient (Wildman–Crippen LogP) is -3.25. The maximum Gasteiger partial charge on any atom is 0.224 e. The minimum Gasteiger partial charge on any atom is -0.393 e. The topological polar surface area (TPSA) is 120 Å². The molecule has 0 radical (unpaired) electrons. The largest absolute Gasteiger partial charge is 0.393 e. The Morgan fingerprint density at radius 1 is 1.50 bits per heavy atom. The van der Waals surface area contributed by atoms with Crippen LogP contribution in [0.15, 0.2) is 0 Å². The molecule has 7 nitrogen and oxygen atoms in total. The first-order chi connectivity index (χ1) is 6.97. The summed E-state index contributed by atoms with van der Waals surface area (Å²) >= 11 is 0. The van der Waals surface area contributed by atoms with E-state index in [1.165, 1.54) is 0 Å². The van der Waals surface area contributed by atoms with Crippen molar-refractivity contribution in [3.05, 3.63) is 0 Å². The summed E-state index contributed by atoms with van der Waals surface area (Å²) in [6.07, 6.45) is -6.81. The lowest BCUT2D eigenvalue weighted by Gasteiger charge is -2.45. The molecule has 1 aliphatic heterocycles. The van der Waals surface area contributed by atoms with E-state index in [2.05, 4.69) is 9.47 Å². The molecule has 1 heterocycles. The molecule has 84 valence electrons. The van der Waals surface area contributed by atoms with Gasteiger partial charge in [-0.2, -0.15) is 0 Å². The molecular weight excluding hydrogens is 196 g/mol. The second-order valence-corrected chi connectivity index (χ2v) is 3.03. The van der Waals surface area contributed by atoms with Crippen LogP contribution in [0.25, 0.3) is 0 Å². The molecule has 1 rings (SSSR count). The fourth-order valence-electron chi connectivity index (χ4n) is 1.29. The molecule has 0 aromatic heterocycles. The summed E-state index contributed by atoms with van der Waals surface area (Å²) in [6.45, 7) is -0.739. The minimum absolute atomic E-state index is 0.698. The fraction of sp³-hybridized carbons (Fsp3) is 1.00. The first kappa shape index (κ1) is 10.2. The summed E-state index contributed by atoms with van der Waals surface area (Å²) in [5, 5.41) is 46.3. The number of aliphatic hydroxyl groups excluding tert-OH is 4. The van der Waals surface area contributed by atoms with Crippen molar-refractivity contribution in [2.45, 2.75) is 30.4 Å². The van der Waals surface area contributed by atoms with Gasteiger partial charge in [-0.3, -0.25) is 0 Å². The lowest BCUT2D eigenvalue weighted by molar-refractivity contribution is -0.386. The van der Waals surface area contributed by atoms with Gasteiger partial charge in [-0.1, -0.05) is 0 Å². The predicted molar refractivity (Wildman–Crippen MR) is 41.9 cm³/mol. The van der Waals surface area contributed by atoms with Crippen LogP contribution in [0.2, 0.25) is 0 Å². The van der Waals surface area contributed by atoms with Crippen molar-refractivity contribution in [2.24, 2.45) is 0 Å². The second kappa shape index (κ2) is 4.07. The molecule has 5 atom stereocenters. The lowest BCUT2D eigenvalue weighted by Crippen LogP contribution is -2.67. The maximum absolute atomic E-state index is 9.74. The van der Waals surface area contributed by atoms with Crippen LogP contribution < -0.4 is 0 Å². The number of aliphatic hydroxyl groups is 5. The van der Waals surface area contributed by atoms with Gasteiger partial charge in [0.05, 0.1) is 7.98 Å². The Bertz CT molecular complexity index is 212. The van der Waals surface area contributed by atoms with E-state index in [-0.39, 0.29) is 0 Å². The van der Waals surface area contributed by atoms with Crippen LogP contribution in [0.4, 0.5) is 0 Å². The van der Waals surface area contributed by atoms with Crippen molar-refractivity contribution < 1.29 is 36.4 Å². The minimum atomic E-state index is -2.41. The summed E-state index contributed by atoms with van der Waals surface area (Å²) in [4.78, 5) is 0. The first-order valence-electron chi connectivity index (χ1n) is 4.64. The van der Waals surface area contributed by atoms with Crippen LogP contribution in [0.3, 0.4) is 0 Å². The van der Waals surface area contributed by atoms with Gasteiger partial charge in [-0.15, -0.1) is 0 Å². The van der Waals surface area contributed by atoms with E-state index in [9.17, 15) is 15.3 Å². The second-order valence-electron chi connectivity index (χ2n) is 3.03. The average Bonchev–Trinajstić information content (AvgIpc) is 2.21. The molecule has 0 aromatic carbocycles. The van der Waals surface area contributed by atoms with E-state index >= 15 is 0 Å². The highest BCUT2D eigenvalue weighted by atomic mass is 16.7. The third-order valence-electron chi connectivity index (χ3n) is 2.20. The van der Waals surface area contributed by atoms with Gasteiger partial charge in [0.1, 0.15) is 18.3 Å². The van der Waals surface area contributed by atoms with E-state index in [4.69, 9.17) is 11.6 Å². The van der Waals surface area contributed by atoms with E-state index in [1.54, 1.807) is 0 Å². The summed E-state index contributed by atoms with van der Waals surface area (Å²) in [5.74, 6) is -2.41. The van der Waals surface area contributed by atoms with Crippen molar-refractivity contribution in [1.29, 1.82) is 0 Å². The van der Waals surface area contributed by atoms with Gasteiger partial charge in [-0.05, 0) is 0 Å². The van der Waals surface area contributed by atoms with Crippen molar-refractivity contribution >= 4 is 0 Å². The van der Waals surface area contributed by atoms with Crippen molar-refractivity contribution in [3.8, 4) is 0 Å². The highest BCUT2D eigenvalue weighted by Crippen LogP contribution is 2.29. The zero-order chi connectivity index (χ0) is 11.6. The van der Waals surface area contributed by atoms with E-state index in [0.29, 0.717) is 0 Å². The zero-order valence-corrected chi connectivity index (χ0v) is 7.28. The third kappa shape index (κ3) is 1.63. The van der Waals surface area contributed by atoms with Crippen molar-refractivity contribution in [1.82, 2.24) is 0 Å². The monoisotopic (exact) mass is 211 g/mol. The fourth-order valence-corrected chi connectivity index (χ4v) is 1.29. The van der Waals surface area contributed by atoms with Gasteiger partial charge in [0.25, 0.3) is 0 Å². The van der Waals surface area contributed by atoms with Crippen LogP contribution in [0, 0.1) is 0 Å². The first-order valence-corrected chi connectivity index (χ1v) is 3.93. The van der Waals surface area contributed by atoms with E-state index in [1.807, 2.05) is 0 Å². The number of methoxy groups -OCH3 is 1. The van der Waals surface area contributed by atoms with Crippen LogP contribution in [0.1, 0.15) is 1.37 Å².